The molecule has 2 fully saturated rings. The lowest BCUT2D eigenvalue weighted by molar-refractivity contribution is -0.137. The van der Waals surface area contributed by atoms with Crippen LogP contribution in [0.2, 0.25) is 0 Å². The molecule has 130 valence electrons. The number of carboxylic acid groups (broad SMARTS) is 1. The van der Waals surface area contributed by atoms with Gasteiger partial charge in [0, 0.05) is 5.92 Å². The average Bonchev–Trinajstić information content (AvgIpc) is 3.10. The van der Waals surface area contributed by atoms with E-state index in [9.17, 15) is 14.7 Å². The van der Waals surface area contributed by atoms with Crippen LogP contribution < -0.4 is 5.32 Å². The molecule has 2 saturated carbocycles. The zero-order chi connectivity index (χ0) is 17.4. The molecule has 0 heterocycles. The second-order valence-corrected chi connectivity index (χ2v) is 7.55. The molecule has 0 radical (unpaired) electrons. The highest BCUT2D eigenvalue weighted by Gasteiger charge is 2.58. The second kappa shape index (κ2) is 6.17. The van der Waals surface area contributed by atoms with Gasteiger partial charge in [0.25, 0.3) is 0 Å². The number of fused-ring (bicyclic) bond motifs is 1. The number of carboxylic acids is 1. The highest BCUT2D eigenvalue weighted by atomic mass is 16.4. The fraction of sp³-hybridized carbons (Fsp3) is 0.429. The Morgan fingerprint density at radius 1 is 1.12 bits per heavy atom. The lowest BCUT2D eigenvalue weighted by atomic mass is 9.96. The topological polar surface area (TPSA) is 66.4 Å². The molecule has 0 aromatic heterocycles. The van der Waals surface area contributed by atoms with Crippen molar-refractivity contribution in [2.75, 3.05) is 0 Å². The van der Waals surface area contributed by atoms with Crippen LogP contribution in [0.5, 0.6) is 0 Å². The molecular formula is C21H23NO3. The van der Waals surface area contributed by atoms with E-state index in [0.29, 0.717) is 0 Å². The average molecular weight is 337 g/mol. The number of rotatable bonds is 5. The smallest absolute Gasteiger partial charge is 0.305 e. The Hall–Kier alpha value is -2.36. The Balaban J connectivity index is 1.60. The first kappa shape index (κ1) is 16.1. The predicted octanol–water partition coefficient (Wildman–Crippen LogP) is 4.05. The SMILES string of the molecule is O=C(O)C[C@@H](NC(=O)C1CC12CCCC2)c1cccc2ccccc12. The molecule has 0 saturated heterocycles. The van der Waals surface area contributed by atoms with E-state index in [1.807, 2.05) is 42.5 Å². The molecule has 4 rings (SSSR count). The molecule has 0 aliphatic heterocycles. The first-order valence-electron chi connectivity index (χ1n) is 9.09. The number of carbonyl (C=O) groups excluding carboxylic acids is 1. The summed E-state index contributed by atoms with van der Waals surface area (Å²) in [7, 11) is 0. The summed E-state index contributed by atoms with van der Waals surface area (Å²) < 4.78 is 0. The van der Waals surface area contributed by atoms with Crippen molar-refractivity contribution in [3.8, 4) is 0 Å². The molecule has 1 spiro atoms. The number of aliphatic carboxylic acids is 1. The van der Waals surface area contributed by atoms with Crippen LogP contribution in [0.3, 0.4) is 0 Å². The third-order valence-electron chi connectivity index (χ3n) is 6.00. The zero-order valence-electron chi connectivity index (χ0n) is 14.2. The monoisotopic (exact) mass is 337 g/mol. The molecule has 4 heteroatoms. The van der Waals surface area contributed by atoms with Crippen molar-refractivity contribution < 1.29 is 14.7 Å². The molecule has 0 bridgehead atoms. The Labute approximate surface area is 147 Å². The number of nitrogens with one attached hydrogen (secondary N) is 1. The van der Waals surface area contributed by atoms with E-state index >= 15 is 0 Å². The Morgan fingerprint density at radius 3 is 2.60 bits per heavy atom. The van der Waals surface area contributed by atoms with Crippen LogP contribution in [0, 0.1) is 11.3 Å². The summed E-state index contributed by atoms with van der Waals surface area (Å²) in [6.45, 7) is 0. The van der Waals surface area contributed by atoms with Crippen molar-refractivity contribution in [2.45, 2.75) is 44.6 Å². The van der Waals surface area contributed by atoms with Gasteiger partial charge in [-0.3, -0.25) is 9.59 Å². The van der Waals surface area contributed by atoms with Gasteiger partial charge in [-0.05, 0) is 41.0 Å². The van der Waals surface area contributed by atoms with E-state index < -0.39 is 12.0 Å². The van der Waals surface area contributed by atoms with Gasteiger partial charge in [0.2, 0.25) is 5.91 Å². The minimum atomic E-state index is -0.899. The van der Waals surface area contributed by atoms with E-state index in [1.54, 1.807) is 0 Å². The molecule has 4 nitrogen and oxygen atoms in total. The Morgan fingerprint density at radius 2 is 1.84 bits per heavy atom. The van der Waals surface area contributed by atoms with Gasteiger partial charge < -0.3 is 10.4 Å². The standard InChI is InChI=1S/C21H23NO3/c23-19(24)12-18(16-9-5-7-14-6-1-2-8-15(14)16)22-20(25)17-13-21(17)10-3-4-11-21/h1-2,5-9,17-18H,3-4,10-13H2,(H,22,25)(H,23,24)/t17?,18-/m1/s1. The van der Waals surface area contributed by atoms with Crippen LogP contribution in [0.25, 0.3) is 10.8 Å². The van der Waals surface area contributed by atoms with Crippen molar-refractivity contribution in [1.29, 1.82) is 0 Å². The first-order chi connectivity index (χ1) is 12.1. The number of hydrogen-bond acceptors (Lipinski definition) is 2. The molecule has 2 aromatic carbocycles. The fourth-order valence-corrected chi connectivity index (χ4v) is 4.59. The highest BCUT2D eigenvalue weighted by Crippen LogP contribution is 2.62. The Bertz CT molecular complexity index is 818. The second-order valence-electron chi connectivity index (χ2n) is 7.55. The summed E-state index contributed by atoms with van der Waals surface area (Å²) in [5, 5.41) is 14.4. The number of amides is 1. The van der Waals surface area contributed by atoms with Gasteiger partial charge in [0.15, 0.2) is 0 Å². The van der Waals surface area contributed by atoms with E-state index in [1.165, 1.54) is 12.8 Å². The normalized spacial score (nSPS) is 22.0. The lowest BCUT2D eigenvalue weighted by Crippen LogP contribution is -2.32. The number of hydrogen-bond donors (Lipinski definition) is 2. The quantitative estimate of drug-likeness (QED) is 0.865. The molecule has 2 aromatic rings. The van der Waals surface area contributed by atoms with E-state index in [4.69, 9.17) is 0 Å². The van der Waals surface area contributed by atoms with Crippen LogP contribution in [0.15, 0.2) is 42.5 Å². The maximum atomic E-state index is 12.8. The summed E-state index contributed by atoms with van der Waals surface area (Å²) >= 11 is 0. The number of carbonyl (C=O) groups is 2. The molecule has 2 aliphatic carbocycles. The highest BCUT2D eigenvalue weighted by molar-refractivity contribution is 5.88. The maximum absolute atomic E-state index is 12.8. The summed E-state index contributed by atoms with van der Waals surface area (Å²) in [4.78, 5) is 24.1. The number of benzene rings is 2. The third-order valence-corrected chi connectivity index (χ3v) is 6.00. The minimum absolute atomic E-state index is 0.0288. The van der Waals surface area contributed by atoms with Gasteiger partial charge in [-0.2, -0.15) is 0 Å². The van der Waals surface area contributed by atoms with Crippen molar-refractivity contribution in [3.63, 3.8) is 0 Å². The predicted molar refractivity (Wildman–Crippen MR) is 96.1 cm³/mol. The van der Waals surface area contributed by atoms with Crippen molar-refractivity contribution in [3.05, 3.63) is 48.0 Å². The Kier molecular flexibility index (Phi) is 3.98. The van der Waals surface area contributed by atoms with Gasteiger partial charge in [0.05, 0.1) is 12.5 Å². The maximum Gasteiger partial charge on any atom is 0.305 e. The lowest BCUT2D eigenvalue weighted by Gasteiger charge is -2.20. The third kappa shape index (κ3) is 3.01. The molecule has 2 aliphatic rings. The van der Waals surface area contributed by atoms with E-state index in [2.05, 4.69) is 5.32 Å². The molecule has 2 N–H and O–H groups in total. The van der Waals surface area contributed by atoms with Gasteiger partial charge in [-0.15, -0.1) is 0 Å². The molecule has 2 atom stereocenters. The van der Waals surface area contributed by atoms with Gasteiger partial charge in [-0.25, -0.2) is 0 Å². The van der Waals surface area contributed by atoms with Crippen molar-refractivity contribution in [1.82, 2.24) is 5.32 Å². The molecule has 1 unspecified atom stereocenters. The van der Waals surface area contributed by atoms with Gasteiger partial charge >= 0.3 is 5.97 Å². The molecule has 1 amide bonds. The van der Waals surface area contributed by atoms with Crippen LogP contribution in [0.4, 0.5) is 0 Å². The first-order valence-corrected chi connectivity index (χ1v) is 9.09. The summed E-state index contributed by atoms with van der Waals surface area (Å²) in [5.41, 5.74) is 1.10. The zero-order valence-corrected chi connectivity index (χ0v) is 14.2. The minimum Gasteiger partial charge on any atom is -0.481 e. The molecular weight excluding hydrogens is 314 g/mol. The summed E-state index contributed by atoms with van der Waals surface area (Å²) in [6.07, 6.45) is 5.58. The summed E-state index contributed by atoms with van der Waals surface area (Å²) in [6, 6.07) is 13.3. The largest absolute Gasteiger partial charge is 0.481 e. The van der Waals surface area contributed by atoms with Crippen molar-refractivity contribution in [2.24, 2.45) is 11.3 Å². The van der Waals surface area contributed by atoms with Crippen LogP contribution in [0.1, 0.15) is 50.1 Å². The van der Waals surface area contributed by atoms with Crippen LogP contribution in [-0.2, 0) is 9.59 Å². The van der Waals surface area contributed by atoms with E-state index in [-0.39, 0.29) is 23.7 Å². The van der Waals surface area contributed by atoms with Crippen LogP contribution in [-0.4, -0.2) is 17.0 Å². The van der Waals surface area contributed by atoms with Gasteiger partial charge in [-0.1, -0.05) is 55.3 Å². The fourth-order valence-electron chi connectivity index (χ4n) is 4.59. The summed E-state index contributed by atoms with van der Waals surface area (Å²) in [5.74, 6) is -0.799. The van der Waals surface area contributed by atoms with Crippen molar-refractivity contribution >= 4 is 22.6 Å². The molecule has 25 heavy (non-hydrogen) atoms. The van der Waals surface area contributed by atoms with Crippen LogP contribution >= 0.6 is 0 Å². The van der Waals surface area contributed by atoms with E-state index in [0.717, 1.165) is 35.6 Å². The van der Waals surface area contributed by atoms with Gasteiger partial charge in [0.1, 0.15) is 0 Å².